The number of ether oxygens (including phenoxy) is 1. The maximum absolute atomic E-state index is 12.5. The van der Waals surface area contributed by atoms with Crippen LogP contribution in [0.3, 0.4) is 0 Å². The lowest BCUT2D eigenvalue weighted by Crippen LogP contribution is -2.27. The third-order valence-electron chi connectivity index (χ3n) is 6.84. The van der Waals surface area contributed by atoms with E-state index in [9.17, 15) is 4.79 Å². The molecule has 6 heteroatoms. The maximum atomic E-state index is 12.5. The minimum absolute atomic E-state index is 0. The average molecular weight is 604 g/mol. The smallest absolute Gasteiger partial charge is 0.224 e. The van der Waals surface area contributed by atoms with Crippen molar-refractivity contribution in [2.75, 3.05) is 17.4 Å². The third kappa shape index (κ3) is 11.9. The summed E-state index contributed by atoms with van der Waals surface area (Å²) in [7, 11) is 0. The number of hydrogen-bond acceptors (Lipinski definition) is 4. The van der Waals surface area contributed by atoms with Gasteiger partial charge in [-0.15, -0.1) is 28.7 Å². The van der Waals surface area contributed by atoms with Crippen LogP contribution in [0.2, 0.25) is 0 Å². The standard InChI is InChI=1S/C32H46N2O2S.BrH/c1-4-5-6-7-8-9-10-11-12-13-21-36-32-16-14-15-30(22-32)25-34(28(3)35)31-19-17-29(18-20-31)24-33-23-27(2)37-26-33;/h14-20,22-23H,4-13,21,24-26H2,1-3H3;1H. The van der Waals surface area contributed by atoms with Gasteiger partial charge < -0.3 is 14.5 Å². The number of allylic oxidation sites excluding steroid dienone is 1. The molecule has 3 rings (SSSR count). The van der Waals surface area contributed by atoms with Gasteiger partial charge in [0.1, 0.15) is 5.75 Å². The quantitative estimate of drug-likeness (QED) is 0.169. The molecular weight excluding hydrogens is 556 g/mol. The van der Waals surface area contributed by atoms with Crippen LogP contribution in [0.4, 0.5) is 5.69 Å². The predicted molar refractivity (Wildman–Crippen MR) is 169 cm³/mol. The molecule has 0 aromatic heterocycles. The summed E-state index contributed by atoms with van der Waals surface area (Å²) in [5.41, 5.74) is 3.26. The van der Waals surface area contributed by atoms with Crippen LogP contribution in [0.25, 0.3) is 0 Å². The minimum Gasteiger partial charge on any atom is -0.494 e. The average Bonchev–Trinajstić information content (AvgIpc) is 3.31. The van der Waals surface area contributed by atoms with Crippen molar-refractivity contribution in [2.45, 2.75) is 98.1 Å². The molecule has 0 saturated heterocycles. The number of benzene rings is 2. The second-order valence-electron chi connectivity index (χ2n) is 10.2. The number of carbonyl (C=O) groups excluding carboxylic acids is 1. The van der Waals surface area contributed by atoms with E-state index in [-0.39, 0.29) is 22.9 Å². The van der Waals surface area contributed by atoms with Crippen molar-refractivity contribution in [3.63, 3.8) is 0 Å². The molecular formula is C32H47BrN2O2S. The number of thioether (sulfide) groups is 1. The molecule has 210 valence electrons. The van der Waals surface area contributed by atoms with E-state index in [2.05, 4.69) is 61.3 Å². The Kier molecular flexibility index (Phi) is 15.6. The fourth-order valence-corrected chi connectivity index (χ4v) is 5.46. The fourth-order valence-electron chi connectivity index (χ4n) is 4.70. The zero-order valence-corrected chi connectivity index (χ0v) is 26.2. The summed E-state index contributed by atoms with van der Waals surface area (Å²) >= 11 is 1.88. The Morgan fingerprint density at radius 1 is 0.921 bits per heavy atom. The van der Waals surface area contributed by atoms with Gasteiger partial charge in [-0.05, 0) is 53.6 Å². The maximum Gasteiger partial charge on any atom is 0.224 e. The van der Waals surface area contributed by atoms with Crippen molar-refractivity contribution in [3.05, 3.63) is 70.8 Å². The Balaban J connectivity index is 0.00000507. The highest BCUT2D eigenvalue weighted by molar-refractivity contribution is 8.93. The van der Waals surface area contributed by atoms with Crippen LogP contribution in [0.5, 0.6) is 5.75 Å². The molecule has 0 atom stereocenters. The molecule has 1 aliphatic rings. The van der Waals surface area contributed by atoms with Crippen LogP contribution in [0.1, 0.15) is 96.1 Å². The molecule has 0 radical (unpaired) electrons. The molecule has 1 aliphatic heterocycles. The lowest BCUT2D eigenvalue weighted by Gasteiger charge is -2.22. The monoisotopic (exact) mass is 602 g/mol. The van der Waals surface area contributed by atoms with Gasteiger partial charge in [-0.3, -0.25) is 4.79 Å². The van der Waals surface area contributed by atoms with Crippen molar-refractivity contribution in [1.29, 1.82) is 0 Å². The van der Waals surface area contributed by atoms with Gasteiger partial charge in [0, 0.05) is 25.4 Å². The van der Waals surface area contributed by atoms with E-state index in [4.69, 9.17) is 4.74 Å². The van der Waals surface area contributed by atoms with Crippen LogP contribution >= 0.6 is 28.7 Å². The van der Waals surface area contributed by atoms with Gasteiger partial charge in [0.25, 0.3) is 0 Å². The topological polar surface area (TPSA) is 32.8 Å². The largest absolute Gasteiger partial charge is 0.494 e. The van der Waals surface area contributed by atoms with Gasteiger partial charge in [-0.2, -0.15) is 0 Å². The molecule has 2 aromatic carbocycles. The van der Waals surface area contributed by atoms with Gasteiger partial charge in [0.05, 0.1) is 19.0 Å². The Labute approximate surface area is 246 Å². The van der Waals surface area contributed by atoms with Crippen LogP contribution < -0.4 is 9.64 Å². The van der Waals surface area contributed by atoms with E-state index >= 15 is 0 Å². The van der Waals surface area contributed by atoms with E-state index in [1.165, 1.54) is 68.3 Å². The number of rotatable bonds is 17. The van der Waals surface area contributed by atoms with E-state index in [0.717, 1.165) is 42.4 Å². The first-order chi connectivity index (χ1) is 18.0. The molecule has 0 bridgehead atoms. The first-order valence-corrected chi connectivity index (χ1v) is 15.2. The van der Waals surface area contributed by atoms with Gasteiger partial charge in [0.2, 0.25) is 5.91 Å². The fraction of sp³-hybridized carbons (Fsp3) is 0.531. The van der Waals surface area contributed by atoms with Gasteiger partial charge >= 0.3 is 0 Å². The summed E-state index contributed by atoms with van der Waals surface area (Å²) in [5, 5.41) is 0. The van der Waals surface area contributed by atoms with Crippen LogP contribution in [0, 0.1) is 0 Å². The number of amides is 1. The Hall–Kier alpha value is -1.92. The highest BCUT2D eigenvalue weighted by Crippen LogP contribution is 2.27. The molecule has 2 aromatic rings. The summed E-state index contributed by atoms with van der Waals surface area (Å²) in [6.45, 7) is 8.23. The Morgan fingerprint density at radius 3 is 2.18 bits per heavy atom. The van der Waals surface area contributed by atoms with Crippen molar-refractivity contribution in [3.8, 4) is 5.75 Å². The summed E-state index contributed by atoms with van der Waals surface area (Å²) < 4.78 is 6.04. The molecule has 0 N–H and O–H groups in total. The number of halogens is 1. The molecule has 1 amide bonds. The first kappa shape index (κ1) is 32.3. The van der Waals surface area contributed by atoms with Crippen molar-refractivity contribution >= 4 is 40.3 Å². The highest BCUT2D eigenvalue weighted by Gasteiger charge is 2.14. The molecule has 4 nitrogen and oxygen atoms in total. The third-order valence-corrected chi connectivity index (χ3v) is 7.86. The molecule has 0 unspecified atom stereocenters. The van der Waals surface area contributed by atoms with E-state index < -0.39 is 0 Å². The summed E-state index contributed by atoms with van der Waals surface area (Å²) in [4.78, 5) is 18.0. The van der Waals surface area contributed by atoms with Crippen LogP contribution in [-0.4, -0.2) is 23.3 Å². The summed E-state index contributed by atoms with van der Waals surface area (Å²) in [6.07, 6.45) is 15.5. The van der Waals surface area contributed by atoms with Crippen LogP contribution in [0.15, 0.2) is 59.6 Å². The Bertz CT molecular complexity index is 980. The van der Waals surface area contributed by atoms with Crippen molar-refractivity contribution in [1.82, 2.24) is 4.90 Å². The second kappa shape index (κ2) is 18.4. The number of nitrogens with zero attached hydrogens (tertiary/aromatic N) is 2. The number of hydrogen-bond donors (Lipinski definition) is 0. The van der Waals surface area contributed by atoms with Gasteiger partial charge in [0.15, 0.2) is 0 Å². The molecule has 1 heterocycles. The Morgan fingerprint density at radius 2 is 1.58 bits per heavy atom. The molecule has 38 heavy (non-hydrogen) atoms. The van der Waals surface area contributed by atoms with E-state index in [0.29, 0.717) is 6.54 Å². The molecule has 0 aliphatic carbocycles. The van der Waals surface area contributed by atoms with E-state index in [1.807, 2.05) is 28.8 Å². The number of carbonyl (C=O) groups is 1. The summed E-state index contributed by atoms with van der Waals surface area (Å²) in [5.74, 6) is 1.93. The lowest BCUT2D eigenvalue weighted by molar-refractivity contribution is -0.116. The van der Waals surface area contributed by atoms with E-state index in [1.54, 1.807) is 6.92 Å². The van der Waals surface area contributed by atoms with Gasteiger partial charge in [-0.25, -0.2) is 0 Å². The number of unbranched alkanes of at least 4 members (excludes halogenated alkanes) is 9. The zero-order valence-electron chi connectivity index (χ0n) is 23.6. The SMILES string of the molecule is Br.CCCCCCCCCCCCOc1cccc(CN(C(C)=O)c2ccc(CN3C=C(C)SC3)cc2)c1. The minimum atomic E-state index is 0. The second-order valence-corrected chi connectivity index (χ2v) is 11.4. The van der Waals surface area contributed by atoms with Crippen molar-refractivity contribution in [2.24, 2.45) is 0 Å². The van der Waals surface area contributed by atoms with Gasteiger partial charge in [-0.1, -0.05) is 89.0 Å². The predicted octanol–water partition coefficient (Wildman–Crippen LogP) is 9.48. The lowest BCUT2D eigenvalue weighted by atomic mass is 10.1. The normalized spacial score (nSPS) is 12.7. The molecule has 0 saturated carbocycles. The molecule has 0 fully saturated rings. The van der Waals surface area contributed by atoms with Crippen LogP contribution in [-0.2, 0) is 17.9 Å². The zero-order chi connectivity index (χ0) is 26.3. The molecule has 0 spiro atoms. The first-order valence-electron chi connectivity index (χ1n) is 14.2. The summed E-state index contributed by atoms with van der Waals surface area (Å²) in [6, 6.07) is 16.5. The van der Waals surface area contributed by atoms with Crippen molar-refractivity contribution < 1.29 is 9.53 Å². The highest BCUT2D eigenvalue weighted by atomic mass is 79.9. The number of anilines is 1.